The van der Waals surface area contributed by atoms with Crippen LogP contribution in [0.2, 0.25) is 0 Å². The van der Waals surface area contributed by atoms with Gasteiger partial charge in [-0.25, -0.2) is 0 Å². The van der Waals surface area contributed by atoms with Crippen LogP contribution in [0.4, 0.5) is 5.69 Å². The molecule has 0 aliphatic rings. The van der Waals surface area contributed by atoms with Crippen LogP contribution in [0.5, 0.6) is 0 Å². The number of nitrogens with zero attached hydrogens (tertiary/aromatic N) is 2. The van der Waals surface area contributed by atoms with Crippen LogP contribution in [0.3, 0.4) is 0 Å². The first kappa shape index (κ1) is 18.3. The summed E-state index contributed by atoms with van der Waals surface area (Å²) >= 11 is 1.70. The molecule has 0 radical (unpaired) electrons. The maximum absolute atomic E-state index is 12.3. The van der Waals surface area contributed by atoms with E-state index in [1.54, 1.807) is 16.4 Å². The highest BCUT2D eigenvalue weighted by atomic mass is 32.2. The molecule has 2 rings (SSSR count). The number of nitrogens with one attached hydrogen (secondary N) is 1. The first-order valence-electron chi connectivity index (χ1n) is 8.00. The van der Waals surface area contributed by atoms with Crippen LogP contribution in [0.15, 0.2) is 29.2 Å². The Morgan fingerprint density at radius 3 is 2.58 bits per heavy atom. The van der Waals surface area contributed by atoms with E-state index in [1.807, 2.05) is 38.1 Å². The second-order valence-electron chi connectivity index (χ2n) is 5.55. The average Bonchev–Trinajstić information content (AvgIpc) is 2.81. The van der Waals surface area contributed by atoms with Gasteiger partial charge in [0.05, 0.1) is 16.9 Å². The van der Waals surface area contributed by atoms with Gasteiger partial charge in [0, 0.05) is 23.6 Å². The van der Waals surface area contributed by atoms with Crippen molar-refractivity contribution in [3.63, 3.8) is 0 Å². The Balaban J connectivity index is 2.02. The molecule has 128 valence electrons. The molecule has 0 unspecified atom stereocenters. The van der Waals surface area contributed by atoms with E-state index in [2.05, 4.69) is 17.3 Å². The van der Waals surface area contributed by atoms with Crippen molar-refractivity contribution >= 4 is 29.1 Å². The summed E-state index contributed by atoms with van der Waals surface area (Å²) < 4.78 is 1.73. The normalized spacial score (nSPS) is 10.7. The Kier molecular flexibility index (Phi) is 6.20. The largest absolute Gasteiger partial charge is 0.325 e. The molecular formula is C18H23N3O2S. The third kappa shape index (κ3) is 4.26. The second kappa shape index (κ2) is 8.15. The van der Waals surface area contributed by atoms with E-state index in [0.29, 0.717) is 24.2 Å². The number of amides is 1. The Morgan fingerprint density at radius 1 is 1.25 bits per heavy atom. The number of benzene rings is 1. The number of Topliss-reactive ketones (excluding diaryl/α,β-unsaturated/α-hetero) is 1. The average molecular weight is 345 g/mol. The Labute approximate surface area is 146 Å². The van der Waals surface area contributed by atoms with Crippen LogP contribution < -0.4 is 5.32 Å². The van der Waals surface area contributed by atoms with Gasteiger partial charge in [0.25, 0.3) is 0 Å². The topological polar surface area (TPSA) is 64.0 Å². The van der Waals surface area contributed by atoms with Crippen molar-refractivity contribution in [1.82, 2.24) is 9.78 Å². The van der Waals surface area contributed by atoms with Crippen LogP contribution in [-0.4, -0.2) is 27.2 Å². The first-order valence-corrected chi connectivity index (χ1v) is 8.99. The minimum atomic E-state index is -0.0592. The summed E-state index contributed by atoms with van der Waals surface area (Å²) in [5.74, 6) is 0.897. The van der Waals surface area contributed by atoms with Crippen LogP contribution in [0.1, 0.15) is 42.0 Å². The van der Waals surface area contributed by atoms with Crippen molar-refractivity contribution in [1.29, 1.82) is 0 Å². The van der Waals surface area contributed by atoms with Crippen molar-refractivity contribution in [2.45, 2.75) is 45.6 Å². The van der Waals surface area contributed by atoms with Crippen LogP contribution >= 0.6 is 11.8 Å². The third-order valence-electron chi connectivity index (χ3n) is 3.75. The zero-order chi connectivity index (χ0) is 17.7. The third-order valence-corrected chi connectivity index (χ3v) is 4.70. The van der Waals surface area contributed by atoms with Gasteiger partial charge in [-0.1, -0.05) is 19.1 Å². The van der Waals surface area contributed by atoms with Gasteiger partial charge >= 0.3 is 0 Å². The van der Waals surface area contributed by atoms with Gasteiger partial charge in [-0.05, 0) is 38.7 Å². The molecular weight excluding hydrogens is 322 g/mol. The Bertz CT molecular complexity index is 753. The number of aromatic nitrogens is 2. The summed E-state index contributed by atoms with van der Waals surface area (Å²) in [5, 5.41) is 7.33. The van der Waals surface area contributed by atoms with E-state index in [1.165, 1.54) is 6.92 Å². The molecule has 0 fully saturated rings. The highest BCUT2D eigenvalue weighted by Crippen LogP contribution is 2.26. The molecule has 24 heavy (non-hydrogen) atoms. The molecule has 0 aliphatic carbocycles. The van der Waals surface area contributed by atoms with E-state index in [4.69, 9.17) is 0 Å². The minimum Gasteiger partial charge on any atom is -0.325 e. The molecule has 2 aromatic rings. The molecule has 0 aliphatic heterocycles. The number of aryl methyl sites for hydroxylation is 2. The van der Waals surface area contributed by atoms with Crippen LogP contribution in [0.25, 0.3) is 0 Å². The number of carbonyl (C=O) groups is 2. The van der Waals surface area contributed by atoms with Crippen molar-refractivity contribution in [3.8, 4) is 0 Å². The molecule has 0 saturated heterocycles. The van der Waals surface area contributed by atoms with Crippen LogP contribution in [-0.2, 0) is 11.3 Å². The number of anilines is 1. The number of thioether (sulfide) groups is 1. The Morgan fingerprint density at radius 2 is 1.96 bits per heavy atom. The van der Waals surface area contributed by atoms with E-state index >= 15 is 0 Å². The fourth-order valence-electron chi connectivity index (χ4n) is 2.70. The highest BCUT2D eigenvalue weighted by molar-refractivity contribution is 7.99. The van der Waals surface area contributed by atoms with Gasteiger partial charge in [0.2, 0.25) is 5.91 Å². The maximum Gasteiger partial charge on any atom is 0.226 e. The van der Waals surface area contributed by atoms with Crippen molar-refractivity contribution in [2.75, 3.05) is 11.1 Å². The molecule has 1 aromatic carbocycles. The van der Waals surface area contributed by atoms with Gasteiger partial charge in [-0.3, -0.25) is 14.3 Å². The monoisotopic (exact) mass is 345 g/mol. The second-order valence-corrected chi connectivity index (χ2v) is 6.86. The Hall–Kier alpha value is -2.08. The summed E-state index contributed by atoms with van der Waals surface area (Å²) in [6, 6.07) is 7.79. The van der Waals surface area contributed by atoms with Gasteiger partial charge in [0.1, 0.15) is 0 Å². The summed E-state index contributed by atoms with van der Waals surface area (Å²) in [7, 11) is 0. The van der Waals surface area contributed by atoms with E-state index < -0.39 is 0 Å². The lowest BCUT2D eigenvalue weighted by molar-refractivity contribution is -0.116. The summed E-state index contributed by atoms with van der Waals surface area (Å²) in [4.78, 5) is 25.0. The zero-order valence-electron chi connectivity index (χ0n) is 14.5. The van der Waals surface area contributed by atoms with E-state index in [-0.39, 0.29) is 11.7 Å². The van der Waals surface area contributed by atoms with Crippen molar-refractivity contribution in [2.24, 2.45) is 0 Å². The highest BCUT2D eigenvalue weighted by Gasteiger charge is 2.16. The summed E-state index contributed by atoms with van der Waals surface area (Å²) in [6.07, 6.45) is 0.310. The molecule has 5 nitrogen and oxygen atoms in total. The van der Waals surface area contributed by atoms with Gasteiger partial charge in [-0.2, -0.15) is 5.10 Å². The number of rotatable bonds is 7. The molecule has 1 N–H and O–H groups in total. The minimum absolute atomic E-state index is 0.00576. The summed E-state index contributed by atoms with van der Waals surface area (Å²) in [5.41, 5.74) is 3.02. The van der Waals surface area contributed by atoms with Crippen LogP contribution in [0, 0.1) is 13.8 Å². The SMILES string of the molecule is CCSc1ccccc1NC(=O)CCn1nc(C)c(C(C)=O)c1C. The van der Waals surface area contributed by atoms with E-state index in [9.17, 15) is 9.59 Å². The lowest BCUT2D eigenvalue weighted by atomic mass is 10.1. The number of carbonyl (C=O) groups excluding carboxylic acids is 2. The quantitative estimate of drug-likeness (QED) is 0.612. The molecule has 1 aromatic heterocycles. The number of para-hydroxylation sites is 1. The fraction of sp³-hybridized carbons (Fsp3) is 0.389. The smallest absolute Gasteiger partial charge is 0.226 e. The van der Waals surface area contributed by atoms with Crippen molar-refractivity contribution < 1.29 is 9.59 Å². The first-order chi connectivity index (χ1) is 11.4. The molecule has 1 heterocycles. The molecule has 0 bridgehead atoms. The number of ketones is 1. The van der Waals surface area contributed by atoms with Gasteiger partial charge < -0.3 is 5.32 Å². The lowest BCUT2D eigenvalue weighted by Gasteiger charge is -2.10. The number of hydrogen-bond donors (Lipinski definition) is 1. The number of hydrogen-bond acceptors (Lipinski definition) is 4. The lowest BCUT2D eigenvalue weighted by Crippen LogP contribution is -2.16. The zero-order valence-corrected chi connectivity index (χ0v) is 15.4. The molecule has 0 saturated carbocycles. The maximum atomic E-state index is 12.3. The molecule has 0 atom stereocenters. The van der Waals surface area contributed by atoms with Crippen molar-refractivity contribution in [3.05, 3.63) is 41.2 Å². The standard InChI is InChI=1S/C18H23N3O2S/c1-5-24-16-9-7-6-8-15(16)19-17(23)10-11-21-13(3)18(14(4)22)12(2)20-21/h6-9H,5,10-11H2,1-4H3,(H,19,23). The van der Waals surface area contributed by atoms with Gasteiger partial charge in [0.15, 0.2) is 5.78 Å². The predicted molar refractivity (Wildman–Crippen MR) is 97.8 cm³/mol. The van der Waals surface area contributed by atoms with Gasteiger partial charge in [-0.15, -0.1) is 11.8 Å². The van der Waals surface area contributed by atoms with E-state index in [0.717, 1.165) is 22.0 Å². The molecule has 0 spiro atoms. The molecule has 6 heteroatoms. The predicted octanol–water partition coefficient (Wildman–Crippen LogP) is 3.84. The summed E-state index contributed by atoms with van der Waals surface area (Å²) in [6.45, 7) is 7.75. The fourth-order valence-corrected chi connectivity index (χ4v) is 3.46. The molecule has 1 amide bonds.